The molecule has 1 aliphatic carbocycles. The molecule has 3 rings (SSSR count). The SMILES string of the molecule is CC(C)(C)C(=O)Nc1ccc(NC(=O)c2ccc(S(=O)(=O)NC3CC3)cc2)cc1. The first-order chi connectivity index (χ1) is 13.5. The fraction of sp³-hybridized carbons (Fsp3) is 0.333. The molecule has 2 aromatic rings. The van der Waals surface area contributed by atoms with Crippen LogP contribution in [0.4, 0.5) is 11.4 Å². The molecular formula is C21H25N3O4S. The van der Waals surface area contributed by atoms with Crippen LogP contribution in [0, 0.1) is 5.41 Å². The Hall–Kier alpha value is -2.71. The number of carbonyl (C=O) groups is 2. The third-order valence-corrected chi connectivity index (χ3v) is 5.94. The normalized spacial score (nSPS) is 14.3. The molecule has 0 saturated heterocycles. The summed E-state index contributed by atoms with van der Waals surface area (Å²) >= 11 is 0. The zero-order chi connectivity index (χ0) is 21.2. The van der Waals surface area contributed by atoms with Crippen LogP contribution in [0.2, 0.25) is 0 Å². The Morgan fingerprint density at radius 1 is 0.862 bits per heavy atom. The summed E-state index contributed by atoms with van der Waals surface area (Å²) in [5.74, 6) is -0.448. The number of sulfonamides is 1. The molecule has 154 valence electrons. The minimum absolute atomic E-state index is 0.0270. The monoisotopic (exact) mass is 415 g/mol. The molecule has 2 amide bonds. The Morgan fingerprint density at radius 2 is 1.38 bits per heavy atom. The van der Waals surface area contributed by atoms with Crippen LogP contribution in [0.15, 0.2) is 53.4 Å². The van der Waals surface area contributed by atoms with Crippen LogP contribution in [-0.4, -0.2) is 26.3 Å². The molecule has 0 atom stereocenters. The molecule has 1 aliphatic rings. The number of anilines is 2. The first-order valence-electron chi connectivity index (χ1n) is 9.40. The van der Waals surface area contributed by atoms with Crippen molar-refractivity contribution in [3.8, 4) is 0 Å². The lowest BCUT2D eigenvalue weighted by Gasteiger charge is -2.17. The van der Waals surface area contributed by atoms with Crippen LogP contribution in [0.25, 0.3) is 0 Å². The van der Waals surface area contributed by atoms with Crippen molar-refractivity contribution in [2.75, 3.05) is 10.6 Å². The second-order valence-electron chi connectivity index (χ2n) is 8.16. The maximum atomic E-state index is 12.4. The second kappa shape index (κ2) is 7.96. The van der Waals surface area contributed by atoms with Gasteiger partial charge >= 0.3 is 0 Å². The zero-order valence-corrected chi connectivity index (χ0v) is 17.5. The van der Waals surface area contributed by atoms with E-state index >= 15 is 0 Å². The van der Waals surface area contributed by atoms with Crippen LogP contribution < -0.4 is 15.4 Å². The highest BCUT2D eigenvalue weighted by atomic mass is 32.2. The Bertz CT molecular complexity index is 1000. The minimum Gasteiger partial charge on any atom is -0.326 e. The van der Waals surface area contributed by atoms with Gasteiger partial charge in [-0.3, -0.25) is 9.59 Å². The van der Waals surface area contributed by atoms with Gasteiger partial charge in [-0.1, -0.05) is 20.8 Å². The summed E-state index contributed by atoms with van der Waals surface area (Å²) < 4.78 is 27.0. The molecular weight excluding hydrogens is 390 g/mol. The summed E-state index contributed by atoms with van der Waals surface area (Å²) in [4.78, 5) is 24.6. The van der Waals surface area contributed by atoms with E-state index in [1.807, 2.05) is 20.8 Å². The number of amides is 2. The molecule has 0 unspecified atom stereocenters. The van der Waals surface area contributed by atoms with E-state index in [-0.39, 0.29) is 22.8 Å². The van der Waals surface area contributed by atoms with Gasteiger partial charge in [-0.2, -0.15) is 0 Å². The number of hydrogen-bond acceptors (Lipinski definition) is 4. The van der Waals surface area contributed by atoms with Gasteiger partial charge in [-0.15, -0.1) is 0 Å². The molecule has 0 bridgehead atoms. The van der Waals surface area contributed by atoms with Crippen LogP contribution >= 0.6 is 0 Å². The van der Waals surface area contributed by atoms with Gasteiger partial charge in [0, 0.05) is 28.4 Å². The lowest BCUT2D eigenvalue weighted by Crippen LogP contribution is -2.27. The molecule has 29 heavy (non-hydrogen) atoms. The van der Waals surface area contributed by atoms with Crippen molar-refractivity contribution >= 4 is 33.2 Å². The summed E-state index contributed by atoms with van der Waals surface area (Å²) in [5, 5.41) is 5.57. The lowest BCUT2D eigenvalue weighted by molar-refractivity contribution is -0.123. The van der Waals surface area contributed by atoms with Crippen molar-refractivity contribution in [3.63, 3.8) is 0 Å². The van der Waals surface area contributed by atoms with E-state index in [4.69, 9.17) is 0 Å². The Morgan fingerprint density at radius 3 is 1.86 bits per heavy atom. The molecule has 3 N–H and O–H groups in total. The molecule has 0 spiro atoms. The van der Waals surface area contributed by atoms with E-state index in [1.165, 1.54) is 24.3 Å². The van der Waals surface area contributed by atoms with Gasteiger partial charge in [0.2, 0.25) is 15.9 Å². The summed E-state index contributed by atoms with van der Waals surface area (Å²) in [6.07, 6.45) is 1.72. The molecule has 1 fully saturated rings. The average molecular weight is 416 g/mol. The maximum Gasteiger partial charge on any atom is 0.255 e. The van der Waals surface area contributed by atoms with E-state index in [0.29, 0.717) is 16.9 Å². The van der Waals surface area contributed by atoms with E-state index in [9.17, 15) is 18.0 Å². The molecule has 7 nitrogen and oxygen atoms in total. The smallest absolute Gasteiger partial charge is 0.255 e. The summed E-state index contributed by atoms with van der Waals surface area (Å²) in [6.45, 7) is 5.49. The largest absolute Gasteiger partial charge is 0.326 e. The van der Waals surface area contributed by atoms with Crippen LogP contribution in [0.1, 0.15) is 44.0 Å². The van der Waals surface area contributed by atoms with E-state index < -0.39 is 15.4 Å². The predicted molar refractivity (Wildman–Crippen MR) is 112 cm³/mol. The topological polar surface area (TPSA) is 104 Å². The van der Waals surface area contributed by atoms with Crippen LogP contribution in [-0.2, 0) is 14.8 Å². The quantitative estimate of drug-likeness (QED) is 0.673. The van der Waals surface area contributed by atoms with Crippen LogP contribution in [0.5, 0.6) is 0 Å². The third-order valence-electron chi connectivity index (χ3n) is 4.41. The van der Waals surface area contributed by atoms with Gasteiger partial charge in [0.1, 0.15) is 0 Å². The second-order valence-corrected chi connectivity index (χ2v) is 9.87. The van der Waals surface area contributed by atoms with Gasteiger partial charge in [0.15, 0.2) is 0 Å². The predicted octanol–water partition coefficient (Wildman–Crippen LogP) is 3.36. The van der Waals surface area contributed by atoms with Gasteiger partial charge < -0.3 is 10.6 Å². The lowest BCUT2D eigenvalue weighted by atomic mass is 9.95. The van der Waals surface area contributed by atoms with Gasteiger partial charge in [-0.25, -0.2) is 13.1 Å². The molecule has 0 radical (unpaired) electrons. The number of carbonyl (C=O) groups excluding carboxylic acids is 2. The summed E-state index contributed by atoms with van der Waals surface area (Å²) in [5.41, 5.74) is 1.05. The van der Waals surface area contributed by atoms with Gasteiger partial charge in [-0.05, 0) is 61.4 Å². The Kier molecular flexibility index (Phi) is 5.77. The molecule has 0 aromatic heterocycles. The summed E-state index contributed by atoms with van der Waals surface area (Å²) in [6, 6.07) is 12.6. The molecule has 0 aliphatic heterocycles. The van der Waals surface area contributed by atoms with Crippen LogP contribution in [0.3, 0.4) is 0 Å². The Balaban J connectivity index is 1.62. The van der Waals surface area contributed by atoms with Gasteiger partial charge in [0.05, 0.1) is 4.90 Å². The van der Waals surface area contributed by atoms with Crippen molar-refractivity contribution in [2.45, 2.75) is 44.6 Å². The van der Waals surface area contributed by atoms with Crippen molar-refractivity contribution in [1.82, 2.24) is 4.72 Å². The number of benzene rings is 2. The molecule has 0 heterocycles. The van der Waals surface area contributed by atoms with Crippen molar-refractivity contribution in [1.29, 1.82) is 0 Å². The highest BCUT2D eigenvalue weighted by molar-refractivity contribution is 7.89. The van der Waals surface area contributed by atoms with E-state index in [0.717, 1.165) is 12.8 Å². The zero-order valence-electron chi connectivity index (χ0n) is 16.7. The average Bonchev–Trinajstić information content (AvgIpc) is 3.46. The van der Waals surface area contributed by atoms with Crippen molar-refractivity contribution in [2.24, 2.45) is 5.41 Å². The highest BCUT2D eigenvalue weighted by Crippen LogP contribution is 2.23. The van der Waals surface area contributed by atoms with E-state index in [1.54, 1.807) is 24.3 Å². The number of nitrogens with one attached hydrogen (secondary N) is 3. The maximum absolute atomic E-state index is 12.4. The molecule has 1 saturated carbocycles. The van der Waals surface area contributed by atoms with Gasteiger partial charge in [0.25, 0.3) is 5.91 Å². The summed E-state index contributed by atoms with van der Waals surface area (Å²) in [7, 11) is -3.54. The number of rotatable bonds is 6. The van der Waals surface area contributed by atoms with Crippen molar-refractivity contribution in [3.05, 3.63) is 54.1 Å². The highest BCUT2D eigenvalue weighted by Gasteiger charge is 2.28. The first-order valence-corrected chi connectivity index (χ1v) is 10.9. The minimum atomic E-state index is -3.54. The fourth-order valence-corrected chi connectivity index (χ4v) is 3.74. The standard InChI is InChI=1S/C21H25N3O4S/c1-21(2,3)20(26)23-16-8-6-15(7-9-16)22-19(25)14-4-12-18(13-5-14)29(27,28)24-17-10-11-17/h4-9,12-13,17,24H,10-11H2,1-3H3,(H,22,25)(H,23,26). The number of hydrogen-bond donors (Lipinski definition) is 3. The van der Waals surface area contributed by atoms with Crippen molar-refractivity contribution < 1.29 is 18.0 Å². The molecule has 8 heteroatoms. The fourth-order valence-electron chi connectivity index (χ4n) is 2.43. The first kappa shape index (κ1) is 21.0. The third kappa shape index (κ3) is 5.65. The molecule has 2 aromatic carbocycles. The Labute approximate surface area is 171 Å². The van der Waals surface area contributed by atoms with E-state index in [2.05, 4.69) is 15.4 Å².